The van der Waals surface area contributed by atoms with Crippen molar-refractivity contribution >= 4 is 48.7 Å². The Balaban J connectivity index is 1.49. The van der Waals surface area contributed by atoms with Crippen molar-refractivity contribution in [3.05, 3.63) is 82.6 Å². The molecule has 12 heteroatoms. The highest BCUT2D eigenvalue weighted by Crippen LogP contribution is 2.59. The Morgan fingerprint density at radius 1 is 1.10 bits per heavy atom. The van der Waals surface area contributed by atoms with Gasteiger partial charge in [0, 0.05) is 17.2 Å². The van der Waals surface area contributed by atoms with E-state index in [-0.39, 0.29) is 40.7 Å². The molecule has 2 fully saturated rings. The number of carbonyl (C=O) groups is 1. The molecule has 2 aliphatic heterocycles. The van der Waals surface area contributed by atoms with E-state index in [4.69, 9.17) is 11.6 Å². The third kappa shape index (κ3) is 4.54. The van der Waals surface area contributed by atoms with Gasteiger partial charge in [0.05, 0.1) is 56.7 Å². The lowest BCUT2D eigenvalue weighted by Crippen LogP contribution is -2.52. The molecule has 2 aromatic carbocycles. The monoisotopic (exact) mass is 596 g/mol. The van der Waals surface area contributed by atoms with Crippen LogP contribution in [0.3, 0.4) is 0 Å². The number of carbonyl (C=O) groups excluding carboxylic acids is 1. The lowest BCUT2D eigenvalue weighted by Gasteiger charge is -2.41. The van der Waals surface area contributed by atoms with Crippen LogP contribution in [-0.2, 0) is 25.3 Å². The number of nitrogens with one attached hydrogen (secondary N) is 1. The van der Waals surface area contributed by atoms with Crippen LogP contribution in [0.2, 0.25) is 5.02 Å². The number of benzene rings is 2. The molecule has 1 amide bonds. The molecule has 0 radical (unpaired) electrons. The van der Waals surface area contributed by atoms with Gasteiger partial charge in [-0.3, -0.25) is 14.1 Å². The second-order valence-electron chi connectivity index (χ2n) is 10.6. The summed E-state index contributed by atoms with van der Waals surface area (Å²) in [6.45, 7) is 0. The summed E-state index contributed by atoms with van der Waals surface area (Å²) in [5.41, 5.74) is 1.29. The Morgan fingerprint density at radius 3 is 2.52 bits per heavy atom. The Labute approximate surface area is 237 Å². The summed E-state index contributed by atoms with van der Waals surface area (Å²) in [5, 5.41) is 12.5. The summed E-state index contributed by atoms with van der Waals surface area (Å²) >= 11 is 6.01. The van der Waals surface area contributed by atoms with Crippen LogP contribution in [0.4, 0.5) is 11.4 Å². The van der Waals surface area contributed by atoms with Gasteiger partial charge in [-0.1, -0.05) is 17.7 Å². The van der Waals surface area contributed by atoms with Gasteiger partial charge in [-0.15, -0.1) is 0 Å². The number of fused-ring (bicyclic) bond motifs is 2. The Morgan fingerprint density at radius 2 is 1.85 bits per heavy atom. The van der Waals surface area contributed by atoms with E-state index in [0.717, 1.165) is 12.8 Å². The molecule has 1 saturated carbocycles. The van der Waals surface area contributed by atoms with Crippen LogP contribution in [0, 0.1) is 17.2 Å². The van der Waals surface area contributed by atoms with E-state index in [2.05, 4.69) is 10.3 Å². The van der Waals surface area contributed by atoms with Gasteiger partial charge in [-0.05, 0) is 79.6 Å². The van der Waals surface area contributed by atoms with Gasteiger partial charge in [0.25, 0.3) is 15.9 Å². The van der Waals surface area contributed by atoms with Crippen LogP contribution < -0.4 is 9.62 Å². The highest BCUT2D eigenvalue weighted by atomic mass is 35.5. The molecule has 40 heavy (non-hydrogen) atoms. The molecule has 206 valence electrons. The zero-order valence-electron chi connectivity index (χ0n) is 21.2. The highest BCUT2D eigenvalue weighted by molar-refractivity contribution is 7.93. The zero-order chi connectivity index (χ0) is 28.3. The van der Waals surface area contributed by atoms with Crippen molar-refractivity contribution in [1.29, 1.82) is 5.26 Å². The molecule has 1 aliphatic carbocycles. The molecule has 3 aliphatic rings. The Hall–Kier alpha value is -3.46. The topological polar surface area (TPSA) is 137 Å². The number of aromatic nitrogens is 1. The fraction of sp³-hybridized carbons (Fsp3) is 0.321. The predicted octanol–water partition coefficient (Wildman–Crippen LogP) is 4.29. The minimum absolute atomic E-state index is 0.00101. The number of hydrogen-bond donors (Lipinski definition) is 1. The molecule has 3 aromatic rings. The smallest absolute Gasteiger partial charge is 0.264 e. The van der Waals surface area contributed by atoms with E-state index < -0.39 is 37.2 Å². The first-order chi connectivity index (χ1) is 19.0. The summed E-state index contributed by atoms with van der Waals surface area (Å²) in [7, 11) is -7.39. The molecule has 1 N–H and O–H groups in total. The zero-order valence-corrected chi connectivity index (χ0v) is 23.6. The van der Waals surface area contributed by atoms with Gasteiger partial charge in [0.1, 0.15) is 9.84 Å². The van der Waals surface area contributed by atoms with E-state index in [1.54, 1.807) is 30.3 Å². The molecule has 6 rings (SSSR count). The van der Waals surface area contributed by atoms with Crippen LogP contribution in [0.25, 0.3) is 0 Å². The van der Waals surface area contributed by atoms with E-state index in [1.165, 1.54) is 34.9 Å². The first-order valence-corrected chi connectivity index (χ1v) is 16.5. The van der Waals surface area contributed by atoms with Crippen LogP contribution in [0.1, 0.15) is 47.2 Å². The van der Waals surface area contributed by atoms with E-state index >= 15 is 0 Å². The number of halogens is 1. The molecule has 1 aromatic heterocycles. The van der Waals surface area contributed by atoms with E-state index in [0.29, 0.717) is 27.5 Å². The van der Waals surface area contributed by atoms with Crippen molar-refractivity contribution in [2.24, 2.45) is 5.92 Å². The number of sulfone groups is 1. The van der Waals surface area contributed by atoms with E-state index in [1.807, 2.05) is 6.07 Å². The molecular formula is C28H25ClN4O5S2. The van der Waals surface area contributed by atoms with Gasteiger partial charge >= 0.3 is 0 Å². The van der Waals surface area contributed by atoms with Crippen LogP contribution in [0.5, 0.6) is 0 Å². The van der Waals surface area contributed by atoms with Crippen molar-refractivity contribution in [3.8, 4) is 6.07 Å². The summed E-state index contributed by atoms with van der Waals surface area (Å²) in [5.74, 6) is -0.482. The second kappa shape index (κ2) is 9.58. The maximum atomic E-state index is 14.3. The number of nitrogens with zero attached hydrogens (tertiary/aromatic N) is 3. The fourth-order valence-electron chi connectivity index (χ4n) is 6.13. The normalized spacial score (nSPS) is 21.0. The van der Waals surface area contributed by atoms with Gasteiger partial charge in [0.2, 0.25) is 0 Å². The molecule has 1 atom stereocenters. The number of pyridine rings is 1. The largest absolute Gasteiger partial charge is 0.321 e. The summed E-state index contributed by atoms with van der Waals surface area (Å²) in [6, 6.07) is 13.9. The minimum Gasteiger partial charge on any atom is -0.321 e. The van der Waals surface area contributed by atoms with Crippen molar-refractivity contribution < 1.29 is 21.6 Å². The van der Waals surface area contributed by atoms with Crippen molar-refractivity contribution in [1.82, 2.24) is 4.98 Å². The maximum absolute atomic E-state index is 14.3. The average molecular weight is 597 g/mol. The summed E-state index contributed by atoms with van der Waals surface area (Å²) in [6.07, 6.45) is 5.09. The van der Waals surface area contributed by atoms with Crippen molar-refractivity contribution in [2.45, 2.75) is 42.0 Å². The summed E-state index contributed by atoms with van der Waals surface area (Å²) < 4.78 is 55.0. The minimum atomic E-state index is -4.12. The number of hydrogen-bond acceptors (Lipinski definition) is 7. The van der Waals surface area contributed by atoms with E-state index in [9.17, 15) is 26.9 Å². The number of sulfonamides is 1. The molecule has 1 spiro atoms. The second-order valence-corrected chi connectivity index (χ2v) is 15.2. The van der Waals surface area contributed by atoms with Gasteiger partial charge < -0.3 is 5.32 Å². The third-order valence-electron chi connectivity index (χ3n) is 8.12. The first-order valence-electron chi connectivity index (χ1n) is 12.9. The third-order valence-corrected chi connectivity index (χ3v) is 11.8. The Kier molecular flexibility index (Phi) is 6.40. The maximum Gasteiger partial charge on any atom is 0.264 e. The quantitative estimate of drug-likeness (QED) is 0.464. The van der Waals surface area contributed by atoms with Crippen molar-refractivity contribution in [3.63, 3.8) is 0 Å². The number of amides is 1. The van der Waals surface area contributed by atoms with Crippen LogP contribution in [-0.4, -0.2) is 45.3 Å². The van der Waals surface area contributed by atoms with Crippen LogP contribution >= 0.6 is 11.6 Å². The molecule has 3 heterocycles. The van der Waals surface area contributed by atoms with Crippen LogP contribution in [0.15, 0.2) is 65.8 Å². The number of anilines is 2. The number of rotatable bonds is 5. The predicted molar refractivity (Wildman–Crippen MR) is 151 cm³/mol. The molecule has 9 nitrogen and oxygen atoms in total. The molecule has 1 unspecified atom stereocenters. The molecule has 1 saturated heterocycles. The standard InChI is InChI=1S/C28H25ClN4O5S2/c29-21-14-22(17-31-16-21)32-27(34)20-6-7-25-24(13-20)28(8-10-39(35,36)11-9-28)26(19-4-5-19)33(25)40(37,38)23-3-1-2-18(12-23)15-30/h1-3,6-7,12-14,16-17,19,26H,4-5,8-11H2,(H,32,34). The lowest BCUT2D eigenvalue weighted by atomic mass is 9.70. The average Bonchev–Trinajstić information content (AvgIpc) is 3.73. The van der Waals surface area contributed by atoms with Gasteiger partial charge in [-0.25, -0.2) is 16.8 Å². The molecular weight excluding hydrogens is 572 g/mol. The first kappa shape index (κ1) is 26.7. The summed E-state index contributed by atoms with van der Waals surface area (Å²) in [4.78, 5) is 17.2. The van der Waals surface area contributed by atoms with Gasteiger partial charge in [-0.2, -0.15) is 5.26 Å². The fourth-order valence-corrected chi connectivity index (χ4v) is 9.70. The lowest BCUT2D eigenvalue weighted by molar-refractivity contribution is 0.102. The Bertz CT molecular complexity index is 1790. The number of nitriles is 1. The SMILES string of the molecule is N#Cc1cccc(S(=O)(=O)N2c3ccc(C(=O)Nc4cncc(Cl)c4)cc3C3(CCS(=O)(=O)CC3)C2C2CC2)c1. The van der Waals surface area contributed by atoms with Crippen molar-refractivity contribution in [2.75, 3.05) is 21.1 Å². The van der Waals surface area contributed by atoms with Gasteiger partial charge in [0.15, 0.2) is 0 Å². The highest BCUT2D eigenvalue weighted by Gasteiger charge is 2.60. The molecule has 0 bridgehead atoms.